The molecule has 0 spiro atoms. The highest BCUT2D eigenvalue weighted by molar-refractivity contribution is 6.32. The standard InChI is InChI=1S/C19H25BN6/c1-13-9-14-3-4-16(20)10-15(14)12-26(13)18-11-17(22-19(21)23-18)25-7-5-24(2)6-8-25/h3-4,10-11,13H,5-9,12H2,1-2H3,(H2,21,22,23). The quantitative estimate of drug-likeness (QED) is 0.801. The van der Waals surface area contributed by atoms with E-state index in [-0.39, 0.29) is 0 Å². The molecular weight excluding hydrogens is 323 g/mol. The molecule has 2 aliphatic heterocycles. The third-order valence-corrected chi connectivity index (χ3v) is 5.46. The first-order valence-corrected chi connectivity index (χ1v) is 9.21. The fourth-order valence-electron chi connectivity index (χ4n) is 3.85. The maximum Gasteiger partial charge on any atom is 0.223 e. The minimum atomic E-state index is 0.335. The summed E-state index contributed by atoms with van der Waals surface area (Å²) in [5.74, 6) is 2.15. The first-order valence-electron chi connectivity index (χ1n) is 9.21. The Hall–Kier alpha value is -2.28. The van der Waals surface area contributed by atoms with Crippen molar-refractivity contribution in [2.75, 3.05) is 48.8 Å². The average molecular weight is 348 g/mol. The lowest BCUT2D eigenvalue weighted by Crippen LogP contribution is -2.45. The topological polar surface area (TPSA) is 61.5 Å². The number of hydrogen-bond donors (Lipinski definition) is 1. The maximum absolute atomic E-state index is 6.06. The molecule has 1 aromatic heterocycles. The van der Waals surface area contributed by atoms with E-state index in [1.54, 1.807) is 0 Å². The number of anilines is 3. The number of hydrogen-bond acceptors (Lipinski definition) is 6. The van der Waals surface area contributed by atoms with E-state index in [0.717, 1.165) is 56.2 Å². The van der Waals surface area contributed by atoms with Gasteiger partial charge in [-0.25, -0.2) is 0 Å². The largest absolute Gasteiger partial charge is 0.368 e. The fraction of sp³-hybridized carbons (Fsp3) is 0.474. The van der Waals surface area contributed by atoms with Crippen LogP contribution >= 0.6 is 0 Å². The lowest BCUT2D eigenvalue weighted by molar-refractivity contribution is 0.312. The first-order chi connectivity index (χ1) is 12.5. The lowest BCUT2D eigenvalue weighted by Gasteiger charge is -2.37. The van der Waals surface area contributed by atoms with Crippen molar-refractivity contribution >= 4 is 30.9 Å². The van der Waals surface area contributed by atoms with Gasteiger partial charge in [0.05, 0.1) is 0 Å². The molecule has 1 aromatic carbocycles. The third-order valence-electron chi connectivity index (χ3n) is 5.46. The molecule has 0 saturated carbocycles. The van der Waals surface area contributed by atoms with Crippen molar-refractivity contribution in [1.82, 2.24) is 14.9 Å². The summed E-state index contributed by atoms with van der Waals surface area (Å²) in [7, 11) is 8.13. The molecule has 0 amide bonds. The van der Waals surface area contributed by atoms with Crippen LogP contribution in [0, 0.1) is 0 Å². The van der Waals surface area contributed by atoms with Gasteiger partial charge in [0.15, 0.2) is 0 Å². The summed E-state index contributed by atoms with van der Waals surface area (Å²) in [6, 6.07) is 8.62. The summed E-state index contributed by atoms with van der Waals surface area (Å²) < 4.78 is 0. The van der Waals surface area contributed by atoms with Gasteiger partial charge in [0.1, 0.15) is 19.5 Å². The zero-order valence-electron chi connectivity index (χ0n) is 15.5. The van der Waals surface area contributed by atoms with E-state index in [1.165, 1.54) is 11.1 Å². The summed E-state index contributed by atoms with van der Waals surface area (Å²) in [5, 5.41) is 0. The molecule has 1 unspecified atom stereocenters. The molecular formula is C19H25BN6. The number of aromatic nitrogens is 2. The second kappa shape index (κ2) is 6.80. The van der Waals surface area contributed by atoms with Crippen LogP contribution in [0.3, 0.4) is 0 Å². The molecule has 2 aliphatic rings. The summed E-state index contributed by atoms with van der Waals surface area (Å²) in [6.07, 6.45) is 0.976. The first kappa shape index (κ1) is 17.2. The van der Waals surface area contributed by atoms with Crippen LogP contribution in [0.1, 0.15) is 18.1 Å². The Kier molecular flexibility index (Phi) is 4.48. The molecule has 0 bridgehead atoms. The van der Waals surface area contributed by atoms with E-state index in [2.05, 4.69) is 56.8 Å². The van der Waals surface area contributed by atoms with Gasteiger partial charge in [-0.15, -0.1) is 0 Å². The van der Waals surface area contributed by atoms with E-state index < -0.39 is 0 Å². The van der Waals surface area contributed by atoms with Gasteiger partial charge >= 0.3 is 0 Å². The Labute approximate surface area is 156 Å². The van der Waals surface area contributed by atoms with Gasteiger partial charge in [-0.3, -0.25) is 0 Å². The molecule has 1 atom stereocenters. The Balaban J connectivity index is 1.63. The van der Waals surface area contributed by atoms with Crippen molar-refractivity contribution < 1.29 is 0 Å². The normalized spacial score (nSPS) is 20.9. The van der Waals surface area contributed by atoms with Gasteiger partial charge in [-0.2, -0.15) is 9.97 Å². The second-order valence-electron chi connectivity index (χ2n) is 7.44. The molecule has 134 valence electrons. The number of likely N-dealkylation sites (N-methyl/N-ethyl adjacent to an activating group) is 1. The predicted molar refractivity (Wildman–Crippen MR) is 107 cm³/mol. The SMILES string of the molecule is [B]c1ccc2c(c1)CN(c1cc(N3CCN(C)CC3)nc(N)n1)C(C)C2. The number of nitrogen functional groups attached to an aromatic ring is 1. The van der Waals surface area contributed by atoms with E-state index in [0.29, 0.717) is 12.0 Å². The van der Waals surface area contributed by atoms with Gasteiger partial charge < -0.3 is 20.4 Å². The van der Waals surface area contributed by atoms with Crippen molar-refractivity contribution in [2.24, 2.45) is 0 Å². The second-order valence-corrected chi connectivity index (χ2v) is 7.44. The molecule has 1 fully saturated rings. The molecule has 3 heterocycles. The minimum absolute atomic E-state index is 0.335. The van der Waals surface area contributed by atoms with Crippen molar-refractivity contribution in [3.05, 3.63) is 35.4 Å². The maximum atomic E-state index is 6.06. The Morgan fingerprint density at radius 1 is 1.04 bits per heavy atom. The van der Waals surface area contributed by atoms with Crippen LogP contribution in [0.25, 0.3) is 0 Å². The van der Waals surface area contributed by atoms with Gasteiger partial charge in [0.25, 0.3) is 0 Å². The van der Waals surface area contributed by atoms with Crippen molar-refractivity contribution in [3.8, 4) is 0 Å². The smallest absolute Gasteiger partial charge is 0.223 e. The van der Waals surface area contributed by atoms with Gasteiger partial charge in [-0.05, 0) is 31.5 Å². The third kappa shape index (κ3) is 3.36. The van der Waals surface area contributed by atoms with Gasteiger partial charge in [0.2, 0.25) is 5.95 Å². The van der Waals surface area contributed by atoms with Gasteiger partial charge in [-0.1, -0.05) is 23.7 Å². The zero-order chi connectivity index (χ0) is 18.3. The minimum Gasteiger partial charge on any atom is -0.368 e. The predicted octanol–water partition coefficient (Wildman–Crippen LogP) is 0.556. The van der Waals surface area contributed by atoms with Crippen LogP contribution in [0.4, 0.5) is 17.6 Å². The van der Waals surface area contributed by atoms with Crippen LogP contribution < -0.4 is 21.0 Å². The van der Waals surface area contributed by atoms with Gasteiger partial charge in [0, 0.05) is 44.8 Å². The summed E-state index contributed by atoms with van der Waals surface area (Å²) in [5.41, 5.74) is 9.49. The number of rotatable bonds is 2. The molecule has 6 nitrogen and oxygen atoms in total. The molecule has 2 N–H and O–H groups in total. The number of nitrogens with two attached hydrogens (primary N) is 1. The Morgan fingerprint density at radius 2 is 1.77 bits per heavy atom. The zero-order valence-corrected chi connectivity index (χ0v) is 15.5. The fourth-order valence-corrected chi connectivity index (χ4v) is 3.85. The van der Waals surface area contributed by atoms with E-state index in [1.807, 2.05) is 6.07 Å². The summed E-state index contributed by atoms with van der Waals surface area (Å²) in [6.45, 7) is 7.01. The molecule has 26 heavy (non-hydrogen) atoms. The monoisotopic (exact) mass is 348 g/mol. The highest BCUT2D eigenvalue weighted by atomic mass is 15.3. The summed E-state index contributed by atoms with van der Waals surface area (Å²) in [4.78, 5) is 16.0. The molecule has 0 aliphatic carbocycles. The number of benzene rings is 1. The highest BCUT2D eigenvalue weighted by Gasteiger charge is 2.25. The van der Waals surface area contributed by atoms with Crippen LogP contribution in [-0.2, 0) is 13.0 Å². The van der Waals surface area contributed by atoms with Crippen molar-refractivity contribution in [3.63, 3.8) is 0 Å². The van der Waals surface area contributed by atoms with E-state index >= 15 is 0 Å². The van der Waals surface area contributed by atoms with Crippen molar-refractivity contribution in [1.29, 1.82) is 0 Å². The van der Waals surface area contributed by atoms with Crippen LogP contribution in [0.2, 0.25) is 0 Å². The van der Waals surface area contributed by atoms with Crippen LogP contribution in [-0.4, -0.2) is 62.0 Å². The van der Waals surface area contributed by atoms with Crippen molar-refractivity contribution in [2.45, 2.75) is 25.9 Å². The molecule has 2 aromatic rings. The molecule has 2 radical (unpaired) electrons. The average Bonchev–Trinajstić information content (AvgIpc) is 2.61. The van der Waals surface area contributed by atoms with Crippen LogP contribution in [0.15, 0.2) is 24.3 Å². The number of fused-ring (bicyclic) bond motifs is 1. The Morgan fingerprint density at radius 3 is 2.54 bits per heavy atom. The number of nitrogens with zero attached hydrogens (tertiary/aromatic N) is 5. The van der Waals surface area contributed by atoms with E-state index in [4.69, 9.17) is 13.6 Å². The highest BCUT2D eigenvalue weighted by Crippen LogP contribution is 2.29. The number of piperazine rings is 1. The summed E-state index contributed by atoms with van der Waals surface area (Å²) >= 11 is 0. The molecule has 4 rings (SSSR count). The van der Waals surface area contributed by atoms with E-state index in [9.17, 15) is 0 Å². The lowest BCUT2D eigenvalue weighted by atomic mass is 9.87. The van der Waals surface area contributed by atoms with Crippen LogP contribution in [0.5, 0.6) is 0 Å². The Bertz CT molecular complexity index is 803. The molecule has 1 saturated heterocycles. The molecule has 7 heteroatoms.